The summed E-state index contributed by atoms with van der Waals surface area (Å²) >= 11 is 0. The van der Waals surface area contributed by atoms with Crippen LogP contribution in [0.5, 0.6) is 0 Å². The van der Waals surface area contributed by atoms with Crippen molar-refractivity contribution >= 4 is 22.8 Å². The molecule has 2 rings (SSSR count). The topological polar surface area (TPSA) is 24.7 Å². The van der Waals surface area contributed by atoms with Crippen molar-refractivity contribution in [3.05, 3.63) is 59.2 Å². The van der Waals surface area contributed by atoms with Crippen molar-refractivity contribution in [2.45, 2.75) is 240 Å². The molecule has 0 aliphatic rings. The maximum absolute atomic E-state index is 5.30. The maximum Gasteiger partial charge on any atom is 0.0646 e. The van der Waals surface area contributed by atoms with Gasteiger partial charge < -0.3 is 0 Å². The van der Waals surface area contributed by atoms with Gasteiger partial charge in [-0.15, -0.1) is 0 Å². The van der Waals surface area contributed by atoms with E-state index in [1.54, 1.807) is 0 Å². The minimum absolute atomic E-state index is 0. The van der Waals surface area contributed by atoms with Gasteiger partial charge in [0.1, 0.15) is 0 Å². The SMILES string of the molecule is CCCCCCCCCCCCCCCCCCCCCCCC#Cc1cccc(N=C(CCCCCC)C(CCCC)=Nc2ccc(CC)c(CC)c2)c1.[Ni]. The Balaban J connectivity index is 0.0000157. The van der Waals surface area contributed by atoms with Gasteiger partial charge in [0.25, 0.3) is 0 Å². The Morgan fingerprint density at radius 3 is 1.34 bits per heavy atom. The molecule has 0 saturated heterocycles. The van der Waals surface area contributed by atoms with Crippen molar-refractivity contribution in [3.63, 3.8) is 0 Å². The average molecular weight is 810 g/mol. The van der Waals surface area contributed by atoms with Crippen LogP contribution in [-0.4, -0.2) is 11.4 Å². The van der Waals surface area contributed by atoms with Gasteiger partial charge in [0.05, 0.1) is 22.8 Å². The Bertz CT molecular complexity index is 1340. The summed E-state index contributed by atoms with van der Waals surface area (Å²) in [6.07, 6.45) is 42.1. The van der Waals surface area contributed by atoms with E-state index in [-0.39, 0.29) is 16.5 Å². The molecule has 0 aliphatic heterocycles. The first-order valence-corrected chi connectivity index (χ1v) is 24.0. The molecule has 2 aromatic rings. The van der Waals surface area contributed by atoms with Gasteiger partial charge in [-0.2, -0.15) is 0 Å². The molecular weight excluding hydrogens is 723 g/mol. The maximum atomic E-state index is 5.30. The van der Waals surface area contributed by atoms with E-state index in [2.05, 4.69) is 88.9 Å². The van der Waals surface area contributed by atoms with Crippen LogP contribution in [0.2, 0.25) is 0 Å². The summed E-state index contributed by atoms with van der Waals surface area (Å²) < 4.78 is 0. The number of unbranched alkanes of at least 4 members (excludes halogenated alkanes) is 25. The molecule has 0 fully saturated rings. The van der Waals surface area contributed by atoms with Gasteiger partial charge in [-0.05, 0) is 86.4 Å². The van der Waals surface area contributed by atoms with Gasteiger partial charge in [-0.3, -0.25) is 9.98 Å². The van der Waals surface area contributed by atoms with E-state index in [1.165, 1.54) is 165 Å². The molecule has 56 heavy (non-hydrogen) atoms. The summed E-state index contributed by atoms with van der Waals surface area (Å²) in [6.45, 7) is 11.3. The monoisotopic (exact) mass is 809 g/mol. The number of nitrogens with zero attached hydrogens (tertiary/aromatic N) is 2. The molecule has 0 aromatic heterocycles. The fourth-order valence-corrected chi connectivity index (χ4v) is 7.72. The van der Waals surface area contributed by atoms with E-state index in [9.17, 15) is 0 Å². The molecule has 3 heteroatoms. The summed E-state index contributed by atoms with van der Waals surface area (Å²) in [5.41, 5.74) is 8.32. The minimum atomic E-state index is 0. The Morgan fingerprint density at radius 1 is 0.429 bits per heavy atom. The zero-order valence-electron chi connectivity index (χ0n) is 37.4. The van der Waals surface area contributed by atoms with E-state index < -0.39 is 0 Å². The normalized spacial score (nSPS) is 11.7. The van der Waals surface area contributed by atoms with Crippen LogP contribution in [0.15, 0.2) is 52.4 Å². The van der Waals surface area contributed by atoms with Crippen LogP contribution < -0.4 is 0 Å². The number of aliphatic imine (C=N–C) groups is 2. The van der Waals surface area contributed by atoms with Crippen LogP contribution in [0.25, 0.3) is 0 Å². The predicted molar refractivity (Wildman–Crippen MR) is 248 cm³/mol. The largest absolute Gasteiger partial charge is 0.252 e. The van der Waals surface area contributed by atoms with Crippen LogP contribution in [0.4, 0.5) is 11.4 Å². The molecule has 0 spiro atoms. The molecule has 0 amide bonds. The van der Waals surface area contributed by atoms with Crippen molar-refractivity contribution in [2.24, 2.45) is 9.98 Å². The standard InChI is InChI=1S/C53H86N2.Ni/c1-6-11-14-16-17-18-19-20-21-22-23-24-25-26-27-28-29-30-31-32-33-34-35-38-47-39-37-40-50(45-47)54-53(42-36-15-12-7-2)52(41-13-8-3)55-51-44-43-48(9-4)49(10-5)46-51;/h37,39-40,43-46H,6-34,36,41-42H2,1-5H3;. The molecule has 0 unspecified atom stereocenters. The third kappa shape index (κ3) is 26.0. The van der Waals surface area contributed by atoms with Crippen LogP contribution in [0, 0.1) is 11.8 Å². The number of aryl methyl sites for hydroxylation is 2. The molecular formula is C53H86N2Ni. The van der Waals surface area contributed by atoms with Gasteiger partial charge in [-0.1, -0.05) is 213 Å². The quantitative estimate of drug-likeness (QED) is 0.0291. The average Bonchev–Trinajstić information content (AvgIpc) is 3.21. The summed E-state index contributed by atoms with van der Waals surface area (Å²) in [5.74, 6) is 6.93. The number of hydrogen-bond acceptors (Lipinski definition) is 2. The van der Waals surface area contributed by atoms with Crippen molar-refractivity contribution in [2.75, 3.05) is 0 Å². The van der Waals surface area contributed by atoms with Crippen LogP contribution in [-0.2, 0) is 29.3 Å². The van der Waals surface area contributed by atoms with Crippen LogP contribution in [0.1, 0.15) is 244 Å². The van der Waals surface area contributed by atoms with Crippen molar-refractivity contribution in [1.29, 1.82) is 0 Å². The molecule has 0 heterocycles. The number of benzene rings is 2. The third-order valence-corrected chi connectivity index (χ3v) is 11.3. The van der Waals surface area contributed by atoms with Gasteiger partial charge in [-0.25, -0.2) is 0 Å². The number of hydrogen-bond donors (Lipinski definition) is 0. The van der Waals surface area contributed by atoms with E-state index in [1.807, 2.05) is 0 Å². The number of rotatable bonds is 34. The molecule has 318 valence electrons. The molecule has 2 aromatic carbocycles. The Morgan fingerprint density at radius 2 is 0.857 bits per heavy atom. The molecule has 0 bridgehead atoms. The summed E-state index contributed by atoms with van der Waals surface area (Å²) in [4.78, 5) is 10.6. The zero-order valence-corrected chi connectivity index (χ0v) is 38.4. The summed E-state index contributed by atoms with van der Waals surface area (Å²) in [6, 6.07) is 15.4. The second kappa shape index (κ2) is 37.1. The molecule has 0 atom stereocenters. The van der Waals surface area contributed by atoms with Crippen molar-refractivity contribution in [1.82, 2.24) is 0 Å². The second-order valence-corrected chi connectivity index (χ2v) is 16.4. The van der Waals surface area contributed by atoms with Crippen molar-refractivity contribution in [3.8, 4) is 11.8 Å². The van der Waals surface area contributed by atoms with Crippen molar-refractivity contribution < 1.29 is 16.5 Å². The Labute approximate surface area is 358 Å². The fraction of sp³-hybridized carbons (Fsp3) is 0.698. The van der Waals surface area contributed by atoms with E-state index in [4.69, 9.17) is 9.98 Å². The second-order valence-electron chi connectivity index (χ2n) is 16.4. The predicted octanol–water partition coefficient (Wildman–Crippen LogP) is 17.8. The first-order valence-electron chi connectivity index (χ1n) is 24.0. The smallest absolute Gasteiger partial charge is 0.0646 e. The molecule has 0 N–H and O–H groups in total. The summed E-state index contributed by atoms with van der Waals surface area (Å²) in [5, 5.41) is 0. The minimum Gasteiger partial charge on any atom is -0.252 e. The molecule has 2 nitrogen and oxygen atoms in total. The van der Waals surface area contributed by atoms with Gasteiger partial charge in [0.15, 0.2) is 0 Å². The van der Waals surface area contributed by atoms with Crippen LogP contribution >= 0.6 is 0 Å². The first-order chi connectivity index (χ1) is 27.1. The third-order valence-electron chi connectivity index (χ3n) is 11.3. The van der Waals surface area contributed by atoms with Crippen LogP contribution in [0.3, 0.4) is 0 Å². The first kappa shape index (κ1) is 51.9. The van der Waals surface area contributed by atoms with E-state index in [0.29, 0.717) is 0 Å². The molecule has 0 radical (unpaired) electrons. The van der Waals surface area contributed by atoms with Gasteiger partial charge in [0, 0.05) is 28.5 Å². The van der Waals surface area contributed by atoms with Gasteiger partial charge in [0.2, 0.25) is 0 Å². The zero-order chi connectivity index (χ0) is 39.4. The molecule has 0 aliphatic carbocycles. The van der Waals surface area contributed by atoms with E-state index >= 15 is 0 Å². The Kier molecular flexibility index (Phi) is 34.4. The van der Waals surface area contributed by atoms with Gasteiger partial charge >= 0.3 is 0 Å². The fourth-order valence-electron chi connectivity index (χ4n) is 7.72. The Hall–Kier alpha value is -2.17. The van der Waals surface area contributed by atoms with E-state index in [0.717, 1.165) is 79.7 Å². The molecule has 0 saturated carbocycles. The summed E-state index contributed by atoms with van der Waals surface area (Å²) in [7, 11) is 0.